The van der Waals surface area contributed by atoms with Gasteiger partial charge in [-0.1, -0.05) is 30.3 Å². The summed E-state index contributed by atoms with van der Waals surface area (Å²) < 4.78 is 10.5. The van der Waals surface area contributed by atoms with E-state index >= 15 is 0 Å². The lowest BCUT2D eigenvalue weighted by Gasteiger charge is -2.15. The van der Waals surface area contributed by atoms with E-state index < -0.39 is 23.9 Å². The molecule has 0 saturated heterocycles. The highest BCUT2D eigenvalue weighted by Crippen LogP contribution is 2.23. The van der Waals surface area contributed by atoms with Gasteiger partial charge in [0, 0.05) is 5.56 Å². The Morgan fingerprint density at radius 2 is 1.67 bits per heavy atom. The highest BCUT2D eigenvalue weighted by molar-refractivity contribution is 5.97. The van der Waals surface area contributed by atoms with Crippen molar-refractivity contribution in [3.05, 3.63) is 60.2 Å². The number of ether oxygens (including phenoxy) is 2. The van der Waals surface area contributed by atoms with Crippen molar-refractivity contribution in [1.82, 2.24) is 5.32 Å². The minimum absolute atomic E-state index is 0.332. The summed E-state index contributed by atoms with van der Waals surface area (Å²) in [5.74, 6) is -1.07. The van der Waals surface area contributed by atoms with Gasteiger partial charge in [0.1, 0.15) is 12.3 Å². The first-order valence-corrected chi connectivity index (χ1v) is 8.56. The van der Waals surface area contributed by atoms with Gasteiger partial charge in [-0.2, -0.15) is 0 Å². The Balaban J connectivity index is 1.83. The zero-order chi connectivity index (χ0) is 19.6. The molecule has 0 aliphatic carbocycles. The lowest BCUT2D eigenvalue weighted by Crippen LogP contribution is -2.35. The summed E-state index contributed by atoms with van der Waals surface area (Å²) in [6.45, 7) is 3.42. The molecule has 2 amide bonds. The molecule has 0 spiro atoms. The van der Waals surface area contributed by atoms with Crippen LogP contribution in [0.4, 0.5) is 5.69 Å². The molecule has 1 atom stereocenters. The second-order valence-corrected chi connectivity index (χ2v) is 5.60. The van der Waals surface area contributed by atoms with Crippen LogP contribution in [-0.4, -0.2) is 37.0 Å². The van der Waals surface area contributed by atoms with Gasteiger partial charge in [-0.3, -0.25) is 14.4 Å². The smallest absolute Gasteiger partial charge is 0.326 e. The molecule has 2 rings (SSSR count). The molecule has 142 valence electrons. The van der Waals surface area contributed by atoms with Crippen LogP contribution in [0.15, 0.2) is 54.6 Å². The molecule has 27 heavy (non-hydrogen) atoms. The maximum atomic E-state index is 12.2. The van der Waals surface area contributed by atoms with Crippen molar-refractivity contribution in [1.29, 1.82) is 0 Å². The van der Waals surface area contributed by atoms with Gasteiger partial charge in [0.2, 0.25) is 0 Å². The van der Waals surface area contributed by atoms with Gasteiger partial charge in [-0.25, -0.2) is 0 Å². The monoisotopic (exact) mass is 370 g/mol. The molecule has 1 unspecified atom stereocenters. The van der Waals surface area contributed by atoms with E-state index in [0.717, 1.165) is 0 Å². The molecular weight excluding hydrogens is 348 g/mol. The van der Waals surface area contributed by atoms with E-state index in [9.17, 15) is 14.4 Å². The van der Waals surface area contributed by atoms with Crippen LogP contribution in [0.3, 0.4) is 0 Å². The van der Waals surface area contributed by atoms with Crippen LogP contribution < -0.4 is 15.4 Å². The zero-order valence-electron chi connectivity index (χ0n) is 15.2. The summed E-state index contributed by atoms with van der Waals surface area (Å²) in [4.78, 5) is 36.0. The highest BCUT2D eigenvalue weighted by Gasteiger charge is 2.19. The van der Waals surface area contributed by atoms with Gasteiger partial charge in [-0.05, 0) is 38.1 Å². The van der Waals surface area contributed by atoms with Crippen molar-refractivity contribution in [2.75, 3.05) is 18.5 Å². The van der Waals surface area contributed by atoms with Crippen molar-refractivity contribution in [3.63, 3.8) is 0 Å². The minimum Gasteiger partial charge on any atom is -0.492 e. The summed E-state index contributed by atoms with van der Waals surface area (Å²) in [6.07, 6.45) is -1.03. The molecule has 0 saturated carbocycles. The number of hydrogen-bond acceptors (Lipinski definition) is 5. The molecule has 2 aromatic rings. The molecule has 2 aromatic carbocycles. The Labute approximate surface area is 157 Å². The quantitative estimate of drug-likeness (QED) is 0.696. The van der Waals surface area contributed by atoms with Gasteiger partial charge < -0.3 is 20.1 Å². The number of hydrogen-bond donors (Lipinski definition) is 2. The largest absolute Gasteiger partial charge is 0.492 e. The molecule has 0 radical (unpaired) electrons. The van der Waals surface area contributed by atoms with Gasteiger partial charge in [0.25, 0.3) is 11.8 Å². The minimum atomic E-state index is -1.03. The molecule has 0 aliphatic heterocycles. The molecule has 0 aliphatic rings. The third kappa shape index (κ3) is 6.14. The van der Waals surface area contributed by atoms with Gasteiger partial charge >= 0.3 is 5.97 Å². The maximum absolute atomic E-state index is 12.2. The van der Waals surface area contributed by atoms with E-state index in [0.29, 0.717) is 23.6 Å². The fourth-order valence-corrected chi connectivity index (χ4v) is 2.22. The second kappa shape index (κ2) is 9.96. The first-order valence-electron chi connectivity index (χ1n) is 8.56. The predicted molar refractivity (Wildman–Crippen MR) is 101 cm³/mol. The third-order valence-electron chi connectivity index (χ3n) is 3.55. The van der Waals surface area contributed by atoms with Crippen molar-refractivity contribution in [2.45, 2.75) is 20.0 Å². The average Bonchev–Trinajstić information content (AvgIpc) is 2.68. The van der Waals surface area contributed by atoms with E-state index in [2.05, 4.69) is 10.6 Å². The van der Waals surface area contributed by atoms with E-state index in [-0.39, 0.29) is 6.54 Å². The van der Waals surface area contributed by atoms with Crippen LogP contribution in [-0.2, 0) is 14.3 Å². The predicted octanol–water partition coefficient (Wildman–Crippen LogP) is 2.39. The molecular formula is C20H22N2O5. The lowest BCUT2D eigenvalue weighted by atomic mass is 10.2. The number of nitrogens with one attached hydrogen (secondary N) is 2. The number of rotatable bonds is 8. The van der Waals surface area contributed by atoms with Crippen LogP contribution >= 0.6 is 0 Å². The highest BCUT2D eigenvalue weighted by atomic mass is 16.5. The third-order valence-corrected chi connectivity index (χ3v) is 3.55. The zero-order valence-corrected chi connectivity index (χ0v) is 15.2. The molecule has 0 fully saturated rings. The van der Waals surface area contributed by atoms with E-state index in [1.165, 1.54) is 6.92 Å². The summed E-state index contributed by atoms with van der Waals surface area (Å²) >= 11 is 0. The Kier molecular flexibility index (Phi) is 7.37. The van der Waals surface area contributed by atoms with Gasteiger partial charge in [-0.15, -0.1) is 0 Å². The van der Waals surface area contributed by atoms with Crippen LogP contribution in [0.2, 0.25) is 0 Å². The Morgan fingerprint density at radius 3 is 2.37 bits per heavy atom. The van der Waals surface area contributed by atoms with Crippen LogP contribution in [0.1, 0.15) is 24.2 Å². The molecule has 7 nitrogen and oxygen atoms in total. The first kappa shape index (κ1) is 20.0. The Hall–Kier alpha value is -3.35. The molecule has 0 bridgehead atoms. The number of benzene rings is 2. The lowest BCUT2D eigenvalue weighted by molar-refractivity contribution is -0.152. The Morgan fingerprint density at radius 1 is 1.00 bits per heavy atom. The molecule has 0 aromatic heterocycles. The van der Waals surface area contributed by atoms with Crippen molar-refractivity contribution >= 4 is 23.5 Å². The number of para-hydroxylation sites is 2. The molecule has 7 heteroatoms. The number of carbonyl (C=O) groups excluding carboxylic acids is 3. The van der Waals surface area contributed by atoms with Crippen LogP contribution in [0.5, 0.6) is 5.75 Å². The van der Waals surface area contributed by atoms with Crippen molar-refractivity contribution in [3.8, 4) is 5.75 Å². The molecule has 0 heterocycles. The number of carbonyl (C=O) groups is 3. The standard InChI is InChI=1S/C20H22N2O5/c1-3-26-17-12-8-7-11-16(17)22-19(24)14(2)27-18(23)13-21-20(25)15-9-5-4-6-10-15/h4-12,14H,3,13H2,1-2H3,(H,21,25)(H,22,24). The van der Waals surface area contributed by atoms with Crippen LogP contribution in [0, 0.1) is 0 Å². The summed E-state index contributed by atoms with van der Waals surface area (Å²) in [6, 6.07) is 15.5. The van der Waals surface area contributed by atoms with Crippen molar-refractivity contribution < 1.29 is 23.9 Å². The fourth-order valence-electron chi connectivity index (χ4n) is 2.22. The topological polar surface area (TPSA) is 93.7 Å². The average molecular weight is 370 g/mol. The number of anilines is 1. The summed E-state index contributed by atoms with van der Waals surface area (Å²) in [5, 5.41) is 5.12. The molecule has 2 N–H and O–H groups in total. The second-order valence-electron chi connectivity index (χ2n) is 5.60. The maximum Gasteiger partial charge on any atom is 0.326 e. The summed E-state index contributed by atoms with van der Waals surface area (Å²) in [7, 11) is 0. The van der Waals surface area contributed by atoms with E-state index in [1.54, 1.807) is 54.6 Å². The van der Waals surface area contributed by atoms with E-state index in [4.69, 9.17) is 9.47 Å². The number of amides is 2. The van der Waals surface area contributed by atoms with Crippen molar-refractivity contribution in [2.24, 2.45) is 0 Å². The Bertz CT molecular complexity index is 792. The van der Waals surface area contributed by atoms with Crippen LogP contribution in [0.25, 0.3) is 0 Å². The fraction of sp³-hybridized carbons (Fsp3) is 0.250. The normalized spacial score (nSPS) is 11.2. The van der Waals surface area contributed by atoms with E-state index in [1.807, 2.05) is 6.92 Å². The van der Waals surface area contributed by atoms with Gasteiger partial charge in [0.15, 0.2) is 6.10 Å². The first-order chi connectivity index (χ1) is 13.0. The summed E-state index contributed by atoms with van der Waals surface area (Å²) in [5.41, 5.74) is 0.924. The SMILES string of the molecule is CCOc1ccccc1NC(=O)C(C)OC(=O)CNC(=O)c1ccccc1. The number of esters is 1. The van der Waals surface area contributed by atoms with Gasteiger partial charge in [0.05, 0.1) is 12.3 Å².